The van der Waals surface area contributed by atoms with Gasteiger partial charge in [0.1, 0.15) is 18.1 Å². The Balaban J connectivity index is 5.56. The third-order valence-corrected chi connectivity index (χ3v) is 6.25. The fraction of sp³-hybridized carbons (Fsp3) is 0.773. The number of carbonyl (C=O) groups excluding carboxylic acids is 3. The maximum atomic E-state index is 13.1. The number of amides is 3. The number of rotatable bonds is 17. The molecule has 0 radical (unpaired) electrons. The standard InChI is InChI=1S/C22H43N7O5S/c1-6-13(4)16(23)19(31)29-17(12(2)3)20(32)27-14(8-7-10-26-22(24)25)18(30)28-15(21(33)34)9-11-35-5/h12-17H,6-11,23H2,1-5H3,(H,27,32)(H,28,30)(H,29,31)(H,33,34)(H4,24,25,26). The molecule has 0 rings (SSSR count). The minimum absolute atomic E-state index is 0.0748. The predicted octanol–water partition coefficient (Wildman–Crippen LogP) is -0.638. The van der Waals surface area contributed by atoms with Crippen molar-refractivity contribution in [3.63, 3.8) is 0 Å². The second-order valence-electron chi connectivity index (χ2n) is 8.83. The van der Waals surface area contributed by atoms with Crippen LogP contribution in [0.2, 0.25) is 0 Å². The summed E-state index contributed by atoms with van der Waals surface area (Å²) in [6, 6.07) is -3.85. The second kappa shape index (κ2) is 17.0. The molecule has 3 amide bonds. The first-order valence-corrected chi connectivity index (χ1v) is 13.2. The molecule has 0 heterocycles. The van der Waals surface area contributed by atoms with Crippen LogP contribution in [0.25, 0.3) is 0 Å². The van der Waals surface area contributed by atoms with Crippen LogP contribution in [0.4, 0.5) is 0 Å². The van der Waals surface area contributed by atoms with E-state index in [1.165, 1.54) is 11.8 Å². The van der Waals surface area contributed by atoms with Crippen molar-refractivity contribution in [1.29, 1.82) is 0 Å². The van der Waals surface area contributed by atoms with Gasteiger partial charge < -0.3 is 38.3 Å². The summed E-state index contributed by atoms with van der Waals surface area (Å²) in [5, 5.41) is 17.3. The van der Waals surface area contributed by atoms with Crippen LogP contribution in [-0.4, -0.2) is 77.5 Å². The first-order chi connectivity index (χ1) is 16.3. The van der Waals surface area contributed by atoms with Gasteiger partial charge in [-0.1, -0.05) is 34.1 Å². The van der Waals surface area contributed by atoms with E-state index in [1.54, 1.807) is 13.8 Å². The number of thioether (sulfide) groups is 1. The van der Waals surface area contributed by atoms with E-state index in [2.05, 4.69) is 20.9 Å². The summed E-state index contributed by atoms with van der Waals surface area (Å²) in [7, 11) is 0. The topological polar surface area (TPSA) is 215 Å². The number of guanidine groups is 1. The molecule has 5 unspecified atom stereocenters. The van der Waals surface area contributed by atoms with E-state index in [9.17, 15) is 24.3 Å². The van der Waals surface area contributed by atoms with Gasteiger partial charge in [-0.2, -0.15) is 11.8 Å². The van der Waals surface area contributed by atoms with Gasteiger partial charge in [0.15, 0.2) is 5.96 Å². The SMILES string of the molecule is CCC(C)C(N)C(=O)NC(C(=O)NC(CCCN=C(N)N)C(=O)NC(CCSC)C(=O)O)C(C)C. The van der Waals surface area contributed by atoms with Crippen molar-refractivity contribution in [3.05, 3.63) is 0 Å². The van der Waals surface area contributed by atoms with Gasteiger partial charge in [-0.15, -0.1) is 0 Å². The first kappa shape index (κ1) is 32.5. The smallest absolute Gasteiger partial charge is 0.326 e. The van der Waals surface area contributed by atoms with Gasteiger partial charge in [0.05, 0.1) is 6.04 Å². The van der Waals surface area contributed by atoms with Crippen LogP contribution in [0.15, 0.2) is 4.99 Å². The van der Waals surface area contributed by atoms with Gasteiger partial charge in [-0.3, -0.25) is 19.4 Å². The maximum absolute atomic E-state index is 13.1. The summed E-state index contributed by atoms with van der Waals surface area (Å²) in [6.07, 6.45) is 3.28. The van der Waals surface area contributed by atoms with Crippen LogP contribution < -0.4 is 33.2 Å². The zero-order valence-electron chi connectivity index (χ0n) is 21.4. The third kappa shape index (κ3) is 12.6. The molecule has 0 aromatic rings. The van der Waals surface area contributed by atoms with E-state index < -0.39 is 47.9 Å². The Labute approximate surface area is 212 Å². The zero-order chi connectivity index (χ0) is 27.1. The molecule has 12 nitrogen and oxygen atoms in total. The van der Waals surface area contributed by atoms with Gasteiger partial charge in [0.25, 0.3) is 0 Å². The van der Waals surface area contributed by atoms with Gasteiger partial charge in [-0.05, 0) is 43.1 Å². The number of nitrogens with one attached hydrogen (secondary N) is 3. The predicted molar refractivity (Wildman–Crippen MR) is 139 cm³/mol. The number of aliphatic carboxylic acids is 1. The molecule has 202 valence electrons. The summed E-state index contributed by atoms with van der Waals surface area (Å²) < 4.78 is 0. The van der Waals surface area contributed by atoms with Crippen LogP contribution in [0.5, 0.6) is 0 Å². The van der Waals surface area contributed by atoms with E-state index in [0.717, 1.165) is 0 Å². The fourth-order valence-electron chi connectivity index (χ4n) is 3.10. The van der Waals surface area contributed by atoms with Crippen LogP contribution in [-0.2, 0) is 19.2 Å². The average Bonchev–Trinajstić information content (AvgIpc) is 2.79. The first-order valence-electron chi connectivity index (χ1n) is 11.8. The van der Waals surface area contributed by atoms with Crippen LogP contribution >= 0.6 is 11.8 Å². The molecule has 5 atom stereocenters. The highest BCUT2D eigenvalue weighted by Gasteiger charge is 2.32. The molecule has 0 aliphatic heterocycles. The number of hydrogen-bond acceptors (Lipinski definition) is 7. The molecule has 0 aromatic carbocycles. The molecule has 0 spiro atoms. The number of carbonyl (C=O) groups is 4. The summed E-state index contributed by atoms with van der Waals surface area (Å²) in [4.78, 5) is 54.1. The lowest BCUT2D eigenvalue weighted by molar-refractivity contribution is -0.142. The van der Waals surface area contributed by atoms with Crippen molar-refractivity contribution in [1.82, 2.24) is 16.0 Å². The summed E-state index contributed by atoms with van der Waals surface area (Å²) in [5.41, 5.74) is 16.7. The Morgan fingerprint density at radius 1 is 0.943 bits per heavy atom. The third-order valence-electron chi connectivity index (χ3n) is 5.61. The van der Waals surface area contributed by atoms with Crippen molar-refractivity contribution in [2.24, 2.45) is 34.0 Å². The molecular formula is C22H43N7O5S. The summed E-state index contributed by atoms with van der Waals surface area (Å²) in [5.74, 6) is -2.75. The molecule has 0 aliphatic rings. The van der Waals surface area contributed by atoms with Crippen molar-refractivity contribution >= 4 is 41.4 Å². The maximum Gasteiger partial charge on any atom is 0.326 e. The number of carboxylic acid groups (broad SMARTS) is 1. The number of carboxylic acids is 1. The fourth-order valence-corrected chi connectivity index (χ4v) is 3.57. The van der Waals surface area contributed by atoms with Crippen molar-refractivity contribution in [3.8, 4) is 0 Å². The molecule has 0 fully saturated rings. The van der Waals surface area contributed by atoms with E-state index in [1.807, 2.05) is 20.1 Å². The highest BCUT2D eigenvalue weighted by atomic mass is 32.2. The Bertz CT molecular complexity index is 731. The minimum Gasteiger partial charge on any atom is -0.480 e. The van der Waals surface area contributed by atoms with Gasteiger partial charge in [-0.25, -0.2) is 4.79 Å². The average molecular weight is 518 g/mol. The number of nitrogens with two attached hydrogens (primary N) is 3. The lowest BCUT2D eigenvalue weighted by Crippen LogP contribution is -2.59. The number of nitrogens with zero attached hydrogens (tertiary/aromatic N) is 1. The lowest BCUT2D eigenvalue weighted by atomic mass is 9.97. The van der Waals surface area contributed by atoms with Crippen LogP contribution in [0.1, 0.15) is 53.4 Å². The van der Waals surface area contributed by atoms with Gasteiger partial charge in [0.2, 0.25) is 17.7 Å². The van der Waals surface area contributed by atoms with Crippen LogP contribution in [0, 0.1) is 11.8 Å². The Morgan fingerprint density at radius 2 is 1.54 bits per heavy atom. The molecule has 13 heteroatoms. The molecular weight excluding hydrogens is 474 g/mol. The van der Waals surface area contributed by atoms with Crippen molar-refractivity contribution in [2.45, 2.75) is 77.5 Å². The molecule has 0 aromatic heterocycles. The van der Waals surface area contributed by atoms with Crippen LogP contribution in [0.3, 0.4) is 0 Å². The normalized spacial score (nSPS) is 15.3. The monoisotopic (exact) mass is 517 g/mol. The Morgan fingerprint density at radius 3 is 2.03 bits per heavy atom. The lowest BCUT2D eigenvalue weighted by Gasteiger charge is -2.28. The Hall–Kier alpha value is -2.54. The molecule has 10 N–H and O–H groups in total. The number of aliphatic imine (C=N–C) groups is 1. The highest BCUT2D eigenvalue weighted by Crippen LogP contribution is 2.10. The van der Waals surface area contributed by atoms with Crippen molar-refractivity contribution in [2.75, 3.05) is 18.6 Å². The molecule has 0 saturated heterocycles. The van der Waals surface area contributed by atoms with E-state index in [-0.39, 0.29) is 37.2 Å². The second-order valence-corrected chi connectivity index (χ2v) is 9.82. The quantitative estimate of drug-likeness (QED) is 0.0740. The highest BCUT2D eigenvalue weighted by molar-refractivity contribution is 7.98. The largest absolute Gasteiger partial charge is 0.480 e. The van der Waals surface area contributed by atoms with E-state index >= 15 is 0 Å². The summed E-state index contributed by atoms with van der Waals surface area (Å²) >= 11 is 1.46. The zero-order valence-corrected chi connectivity index (χ0v) is 22.2. The van der Waals surface area contributed by atoms with E-state index in [0.29, 0.717) is 18.6 Å². The Kier molecular flexibility index (Phi) is 15.7. The van der Waals surface area contributed by atoms with Crippen molar-refractivity contribution < 1.29 is 24.3 Å². The van der Waals surface area contributed by atoms with E-state index in [4.69, 9.17) is 17.2 Å². The minimum atomic E-state index is -1.16. The molecule has 0 saturated carbocycles. The van der Waals surface area contributed by atoms with Gasteiger partial charge >= 0.3 is 5.97 Å². The number of hydrogen-bond donors (Lipinski definition) is 7. The summed E-state index contributed by atoms with van der Waals surface area (Å²) in [6.45, 7) is 7.51. The molecule has 0 bridgehead atoms. The molecule has 35 heavy (non-hydrogen) atoms. The van der Waals surface area contributed by atoms with Gasteiger partial charge in [0, 0.05) is 6.54 Å². The molecule has 0 aliphatic carbocycles.